The maximum atomic E-state index is 10.8. The van der Waals surface area contributed by atoms with Gasteiger partial charge in [-0.05, 0) is 37.1 Å². The van der Waals surface area contributed by atoms with Gasteiger partial charge in [-0.2, -0.15) is 0 Å². The van der Waals surface area contributed by atoms with Crippen molar-refractivity contribution in [3.63, 3.8) is 0 Å². The zero-order chi connectivity index (χ0) is 11.3. The SMILES string of the molecule is CC=CCc1cc(NC(C)=O)ccc1O. The van der Waals surface area contributed by atoms with E-state index in [2.05, 4.69) is 5.32 Å². The van der Waals surface area contributed by atoms with Gasteiger partial charge in [0, 0.05) is 12.6 Å². The summed E-state index contributed by atoms with van der Waals surface area (Å²) in [5.74, 6) is 0.139. The second kappa shape index (κ2) is 5.20. The van der Waals surface area contributed by atoms with E-state index < -0.39 is 0 Å². The fraction of sp³-hybridized carbons (Fsp3) is 0.250. The van der Waals surface area contributed by atoms with Crippen LogP contribution in [-0.2, 0) is 11.2 Å². The molecule has 0 fully saturated rings. The van der Waals surface area contributed by atoms with E-state index in [-0.39, 0.29) is 11.7 Å². The van der Waals surface area contributed by atoms with Crippen LogP contribution in [-0.4, -0.2) is 11.0 Å². The van der Waals surface area contributed by atoms with Crippen molar-refractivity contribution in [2.24, 2.45) is 0 Å². The van der Waals surface area contributed by atoms with E-state index in [1.807, 2.05) is 19.1 Å². The predicted octanol–water partition coefficient (Wildman–Crippen LogP) is 2.47. The molecule has 15 heavy (non-hydrogen) atoms. The molecule has 0 spiro atoms. The van der Waals surface area contributed by atoms with E-state index >= 15 is 0 Å². The third-order valence-corrected chi connectivity index (χ3v) is 1.97. The van der Waals surface area contributed by atoms with E-state index in [9.17, 15) is 9.90 Å². The molecule has 0 atom stereocenters. The first-order valence-corrected chi connectivity index (χ1v) is 4.84. The first-order chi connectivity index (χ1) is 7.13. The molecule has 0 saturated heterocycles. The largest absolute Gasteiger partial charge is 0.508 e. The van der Waals surface area contributed by atoms with E-state index in [0.29, 0.717) is 12.1 Å². The normalized spacial score (nSPS) is 10.5. The van der Waals surface area contributed by atoms with Crippen molar-refractivity contribution in [1.82, 2.24) is 0 Å². The molecule has 1 rings (SSSR count). The third-order valence-electron chi connectivity index (χ3n) is 1.97. The van der Waals surface area contributed by atoms with Gasteiger partial charge in [-0.3, -0.25) is 4.79 Å². The Morgan fingerprint density at radius 1 is 1.53 bits per heavy atom. The Bertz CT molecular complexity index is 383. The lowest BCUT2D eigenvalue weighted by Gasteiger charge is -2.06. The summed E-state index contributed by atoms with van der Waals surface area (Å²) in [7, 11) is 0. The molecule has 80 valence electrons. The summed E-state index contributed by atoms with van der Waals surface area (Å²) >= 11 is 0. The molecule has 0 aliphatic heterocycles. The van der Waals surface area contributed by atoms with Crippen molar-refractivity contribution in [2.45, 2.75) is 20.3 Å². The van der Waals surface area contributed by atoms with E-state index in [1.165, 1.54) is 6.92 Å². The Morgan fingerprint density at radius 2 is 2.27 bits per heavy atom. The number of hydrogen-bond acceptors (Lipinski definition) is 2. The zero-order valence-corrected chi connectivity index (χ0v) is 8.95. The number of carbonyl (C=O) groups excluding carboxylic acids is 1. The first kappa shape index (κ1) is 11.3. The Kier molecular flexibility index (Phi) is 3.92. The smallest absolute Gasteiger partial charge is 0.221 e. The highest BCUT2D eigenvalue weighted by atomic mass is 16.3. The van der Waals surface area contributed by atoms with Crippen molar-refractivity contribution in [3.05, 3.63) is 35.9 Å². The van der Waals surface area contributed by atoms with Crippen LogP contribution in [0.4, 0.5) is 5.69 Å². The summed E-state index contributed by atoms with van der Waals surface area (Å²) < 4.78 is 0. The standard InChI is InChI=1S/C12H15NO2/c1-3-4-5-10-8-11(13-9(2)14)6-7-12(10)15/h3-4,6-8,15H,5H2,1-2H3,(H,13,14). The maximum Gasteiger partial charge on any atom is 0.221 e. The molecule has 1 amide bonds. The van der Waals surface area contributed by atoms with E-state index in [0.717, 1.165) is 5.56 Å². The molecule has 1 aromatic rings. The van der Waals surface area contributed by atoms with Crippen LogP contribution in [0, 0.1) is 0 Å². The number of phenolic OH excluding ortho intramolecular Hbond substituents is 1. The van der Waals surface area contributed by atoms with Gasteiger partial charge in [0.1, 0.15) is 5.75 Å². The Balaban J connectivity index is 2.89. The molecule has 0 heterocycles. The average Bonchev–Trinajstić information content (AvgIpc) is 2.18. The molecule has 0 unspecified atom stereocenters. The minimum Gasteiger partial charge on any atom is -0.508 e. The number of allylic oxidation sites excluding steroid dienone is 2. The lowest BCUT2D eigenvalue weighted by Crippen LogP contribution is -2.05. The van der Waals surface area contributed by atoms with Crippen molar-refractivity contribution >= 4 is 11.6 Å². The minimum absolute atomic E-state index is 0.113. The quantitative estimate of drug-likeness (QED) is 0.588. The van der Waals surface area contributed by atoms with Gasteiger partial charge >= 0.3 is 0 Å². The number of rotatable bonds is 3. The van der Waals surface area contributed by atoms with Crippen LogP contribution in [0.5, 0.6) is 5.75 Å². The minimum atomic E-state index is -0.113. The number of carbonyl (C=O) groups is 1. The van der Waals surface area contributed by atoms with Crippen molar-refractivity contribution in [1.29, 1.82) is 0 Å². The molecule has 0 bridgehead atoms. The molecule has 0 aliphatic rings. The number of anilines is 1. The fourth-order valence-electron chi connectivity index (χ4n) is 1.27. The number of nitrogens with one attached hydrogen (secondary N) is 1. The highest BCUT2D eigenvalue weighted by Crippen LogP contribution is 2.22. The maximum absolute atomic E-state index is 10.8. The average molecular weight is 205 g/mol. The Morgan fingerprint density at radius 3 is 2.87 bits per heavy atom. The highest BCUT2D eigenvalue weighted by molar-refractivity contribution is 5.88. The van der Waals surface area contributed by atoms with Crippen LogP contribution in [0.3, 0.4) is 0 Å². The number of hydrogen-bond donors (Lipinski definition) is 2. The van der Waals surface area contributed by atoms with Gasteiger partial charge < -0.3 is 10.4 Å². The van der Waals surface area contributed by atoms with E-state index in [1.54, 1.807) is 18.2 Å². The van der Waals surface area contributed by atoms with Crippen LogP contribution in [0.25, 0.3) is 0 Å². The van der Waals surface area contributed by atoms with Crippen LogP contribution in [0.2, 0.25) is 0 Å². The predicted molar refractivity (Wildman–Crippen MR) is 60.9 cm³/mol. The summed E-state index contributed by atoms with van der Waals surface area (Å²) in [6.45, 7) is 3.38. The fourth-order valence-corrected chi connectivity index (χ4v) is 1.27. The second-order valence-electron chi connectivity index (χ2n) is 3.30. The van der Waals surface area contributed by atoms with Gasteiger partial charge in [-0.1, -0.05) is 12.2 Å². The molecule has 3 heteroatoms. The molecule has 3 nitrogen and oxygen atoms in total. The lowest BCUT2D eigenvalue weighted by atomic mass is 10.1. The Labute approximate surface area is 89.4 Å². The second-order valence-corrected chi connectivity index (χ2v) is 3.30. The summed E-state index contributed by atoms with van der Waals surface area (Å²) in [4.78, 5) is 10.8. The number of amides is 1. The molecule has 0 aromatic heterocycles. The molecule has 0 saturated carbocycles. The third kappa shape index (κ3) is 3.46. The van der Waals surface area contributed by atoms with Crippen molar-refractivity contribution in [3.8, 4) is 5.75 Å². The summed E-state index contributed by atoms with van der Waals surface area (Å²) in [5, 5.41) is 12.2. The van der Waals surface area contributed by atoms with Crippen molar-refractivity contribution < 1.29 is 9.90 Å². The molecular formula is C12H15NO2. The van der Waals surface area contributed by atoms with E-state index in [4.69, 9.17) is 0 Å². The number of phenols is 1. The number of benzene rings is 1. The summed E-state index contributed by atoms with van der Waals surface area (Å²) in [5.41, 5.74) is 1.51. The van der Waals surface area contributed by atoms with Crippen LogP contribution < -0.4 is 5.32 Å². The van der Waals surface area contributed by atoms with Crippen molar-refractivity contribution in [2.75, 3.05) is 5.32 Å². The number of aromatic hydroxyl groups is 1. The lowest BCUT2D eigenvalue weighted by molar-refractivity contribution is -0.114. The molecule has 0 radical (unpaired) electrons. The monoisotopic (exact) mass is 205 g/mol. The van der Waals surface area contributed by atoms with Gasteiger partial charge in [0.05, 0.1) is 0 Å². The molecule has 0 aliphatic carbocycles. The van der Waals surface area contributed by atoms with Gasteiger partial charge in [-0.15, -0.1) is 0 Å². The zero-order valence-electron chi connectivity index (χ0n) is 8.95. The van der Waals surface area contributed by atoms with Gasteiger partial charge in [-0.25, -0.2) is 0 Å². The summed E-state index contributed by atoms with van der Waals surface area (Å²) in [6, 6.07) is 5.04. The van der Waals surface area contributed by atoms with Gasteiger partial charge in [0.2, 0.25) is 5.91 Å². The Hall–Kier alpha value is -1.77. The summed E-state index contributed by atoms with van der Waals surface area (Å²) in [6.07, 6.45) is 4.53. The molecule has 2 N–H and O–H groups in total. The van der Waals surface area contributed by atoms with Gasteiger partial charge in [0.15, 0.2) is 0 Å². The van der Waals surface area contributed by atoms with Crippen LogP contribution in [0.15, 0.2) is 30.4 Å². The van der Waals surface area contributed by atoms with Gasteiger partial charge in [0.25, 0.3) is 0 Å². The highest BCUT2D eigenvalue weighted by Gasteiger charge is 2.02. The first-order valence-electron chi connectivity index (χ1n) is 4.84. The van der Waals surface area contributed by atoms with Crippen LogP contribution in [0.1, 0.15) is 19.4 Å². The van der Waals surface area contributed by atoms with Crippen LogP contribution >= 0.6 is 0 Å². The molecular weight excluding hydrogens is 190 g/mol. The topological polar surface area (TPSA) is 49.3 Å². The molecule has 1 aromatic carbocycles.